The molecule has 0 radical (unpaired) electrons. The van der Waals surface area contributed by atoms with Crippen molar-refractivity contribution in [3.8, 4) is 11.8 Å². The van der Waals surface area contributed by atoms with E-state index < -0.39 is 17.6 Å². The molecule has 0 aliphatic heterocycles. The molecule has 2 rings (SSSR count). The van der Waals surface area contributed by atoms with Crippen molar-refractivity contribution < 1.29 is 18.0 Å². The Kier molecular flexibility index (Phi) is 6.35. The summed E-state index contributed by atoms with van der Waals surface area (Å²) in [4.78, 5) is 11.6. The van der Waals surface area contributed by atoms with E-state index in [1.165, 1.54) is 12.1 Å². The lowest BCUT2D eigenvalue weighted by atomic mass is 10.1. The molecule has 0 heterocycles. The van der Waals surface area contributed by atoms with Gasteiger partial charge in [-0.15, -0.1) is 0 Å². The first kappa shape index (κ1) is 19.2. The number of benzene rings is 2. The highest BCUT2D eigenvalue weighted by Gasteiger charge is 2.29. The van der Waals surface area contributed by atoms with Gasteiger partial charge in [-0.1, -0.05) is 35.2 Å². The monoisotopic (exact) mass is 385 g/mol. The first-order valence-electron chi connectivity index (χ1n) is 7.17. The smallest absolute Gasteiger partial charge is 0.345 e. The van der Waals surface area contributed by atoms with Gasteiger partial charge in [-0.2, -0.15) is 13.2 Å². The summed E-state index contributed by atoms with van der Waals surface area (Å²) in [7, 11) is 0. The molecule has 0 unspecified atom stereocenters. The van der Waals surface area contributed by atoms with Crippen LogP contribution in [0.3, 0.4) is 0 Å². The summed E-state index contributed by atoms with van der Waals surface area (Å²) in [5.74, 6) is 4.34. The Morgan fingerprint density at radius 3 is 2.32 bits per heavy atom. The third-order valence-electron chi connectivity index (χ3n) is 3.22. The van der Waals surface area contributed by atoms with E-state index in [0.717, 1.165) is 17.7 Å². The molecule has 0 saturated heterocycles. The van der Waals surface area contributed by atoms with Crippen LogP contribution in [0.25, 0.3) is 0 Å². The third kappa shape index (κ3) is 6.00. The van der Waals surface area contributed by atoms with E-state index in [1.807, 2.05) is 0 Å². The van der Waals surface area contributed by atoms with Crippen LogP contribution in [0.2, 0.25) is 10.0 Å². The van der Waals surface area contributed by atoms with Gasteiger partial charge in [-0.05, 0) is 48.4 Å². The van der Waals surface area contributed by atoms with E-state index in [4.69, 9.17) is 23.2 Å². The van der Waals surface area contributed by atoms with E-state index in [-0.39, 0.29) is 0 Å². The lowest BCUT2D eigenvalue weighted by molar-refractivity contribution is -0.137. The predicted octanol–water partition coefficient (Wildman–Crippen LogP) is 4.72. The molecule has 7 heteroatoms. The normalized spacial score (nSPS) is 10.8. The molecular formula is C18H12Cl2F3NO. The summed E-state index contributed by atoms with van der Waals surface area (Å²) in [6.07, 6.45) is -3.85. The molecule has 0 bridgehead atoms. The molecule has 2 aromatic carbocycles. The van der Waals surface area contributed by atoms with Crippen LogP contribution in [-0.2, 0) is 17.4 Å². The first-order chi connectivity index (χ1) is 11.8. The summed E-state index contributed by atoms with van der Waals surface area (Å²) in [5, 5.41) is 3.50. The third-order valence-corrected chi connectivity index (χ3v) is 3.95. The van der Waals surface area contributed by atoms with Crippen molar-refractivity contribution in [2.45, 2.75) is 12.6 Å². The van der Waals surface area contributed by atoms with Crippen LogP contribution in [0.1, 0.15) is 16.7 Å². The number of hydrogen-bond acceptors (Lipinski definition) is 1. The Bertz CT molecular complexity index is 821. The van der Waals surface area contributed by atoms with Gasteiger partial charge in [0.15, 0.2) is 0 Å². The van der Waals surface area contributed by atoms with E-state index in [9.17, 15) is 18.0 Å². The maximum absolute atomic E-state index is 12.4. The topological polar surface area (TPSA) is 29.1 Å². The highest BCUT2D eigenvalue weighted by atomic mass is 35.5. The van der Waals surface area contributed by atoms with Crippen LogP contribution >= 0.6 is 23.2 Å². The van der Waals surface area contributed by atoms with Crippen molar-refractivity contribution in [3.05, 3.63) is 69.2 Å². The minimum absolute atomic E-state index is 0.327. The molecule has 0 fully saturated rings. The van der Waals surface area contributed by atoms with Crippen molar-refractivity contribution in [1.29, 1.82) is 0 Å². The number of hydrogen-bond donors (Lipinski definition) is 1. The lowest BCUT2D eigenvalue weighted by Gasteiger charge is -2.05. The minimum atomic E-state index is -4.39. The van der Waals surface area contributed by atoms with E-state index in [2.05, 4.69) is 17.2 Å². The zero-order chi connectivity index (χ0) is 18.4. The van der Waals surface area contributed by atoms with E-state index in [0.29, 0.717) is 28.6 Å². The van der Waals surface area contributed by atoms with Gasteiger partial charge >= 0.3 is 6.18 Å². The number of carbonyl (C=O) groups is 1. The van der Waals surface area contributed by atoms with Crippen molar-refractivity contribution >= 4 is 29.1 Å². The first-order valence-corrected chi connectivity index (χ1v) is 7.92. The van der Waals surface area contributed by atoms with E-state index in [1.54, 1.807) is 18.2 Å². The number of alkyl halides is 3. The fraction of sp³-hybridized carbons (Fsp3) is 0.167. The fourth-order valence-corrected chi connectivity index (χ4v) is 2.25. The number of nitrogens with one attached hydrogen (secondary N) is 1. The standard InChI is InChI=1S/C18H12Cl2F3NO/c19-15-7-3-13(11-16(15)20)9-10-24-17(25)8-4-12-1-5-14(6-2-12)18(21,22)23/h1-3,5-7,11H,9-10H2,(H,24,25). The average molecular weight is 386 g/mol. The van der Waals surface area contributed by atoms with Crippen LogP contribution in [0.15, 0.2) is 42.5 Å². The molecule has 0 atom stereocenters. The lowest BCUT2D eigenvalue weighted by Crippen LogP contribution is -2.24. The number of amides is 1. The van der Waals surface area contributed by atoms with Gasteiger partial charge < -0.3 is 5.32 Å². The molecule has 2 nitrogen and oxygen atoms in total. The van der Waals surface area contributed by atoms with Crippen molar-refractivity contribution in [2.75, 3.05) is 6.54 Å². The maximum Gasteiger partial charge on any atom is 0.416 e. The zero-order valence-corrected chi connectivity index (χ0v) is 14.3. The number of halogens is 5. The van der Waals surface area contributed by atoms with Gasteiger partial charge in [0.1, 0.15) is 0 Å². The van der Waals surface area contributed by atoms with Gasteiger partial charge in [0, 0.05) is 18.0 Å². The van der Waals surface area contributed by atoms with Crippen LogP contribution in [0.4, 0.5) is 13.2 Å². The second-order valence-corrected chi connectivity index (χ2v) is 5.89. The van der Waals surface area contributed by atoms with Crippen LogP contribution in [0.5, 0.6) is 0 Å². The molecule has 0 spiro atoms. The van der Waals surface area contributed by atoms with E-state index >= 15 is 0 Å². The zero-order valence-electron chi connectivity index (χ0n) is 12.8. The van der Waals surface area contributed by atoms with Gasteiger partial charge in [0.05, 0.1) is 15.6 Å². The van der Waals surface area contributed by atoms with Crippen LogP contribution in [-0.4, -0.2) is 12.5 Å². The van der Waals surface area contributed by atoms with Gasteiger partial charge in [-0.25, -0.2) is 0 Å². The largest absolute Gasteiger partial charge is 0.416 e. The summed E-state index contributed by atoms with van der Waals surface area (Å²) >= 11 is 11.7. The molecule has 0 aliphatic carbocycles. The number of carbonyl (C=O) groups excluding carboxylic acids is 1. The molecule has 130 valence electrons. The maximum atomic E-state index is 12.4. The molecule has 25 heavy (non-hydrogen) atoms. The van der Waals surface area contributed by atoms with Crippen molar-refractivity contribution in [1.82, 2.24) is 5.32 Å². The van der Waals surface area contributed by atoms with Gasteiger partial charge in [0.25, 0.3) is 5.91 Å². The second kappa shape index (κ2) is 8.28. The fourth-order valence-electron chi connectivity index (χ4n) is 1.93. The summed E-state index contributed by atoms with van der Waals surface area (Å²) < 4.78 is 37.3. The number of rotatable bonds is 3. The molecule has 1 N–H and O–H groups in total. The van der Waals surface area contributed by atoms with Crippen LogP contribution in [0, 0.1) is 11.8 Å². The van der Waals surface area contributed by atoms with Crippen molar-refractivity contribution in [2.24, 2.45) is 0 Å². The van der Waals surface area contributed by atoms with Gasteiger partial charge in [-0.3, -0.25) is 4.79 Å². The quantitative estimate of drug-likeness (QED) is 0.760. The molecule has 2 aromatic rings. The summed E-state index contributed by atoms with van der Waals surface area (Å²) in [6, 6.07) is 9.47. The predicted molar refractivity (Wildman–Crippen MR) is 91.5 cm³/mol. The highest BCUT2D eigenvalue weighted by Crippen LogP contribution is 2.28. The Balaban J connectivity index is 1.86. The summed E-state index contributed by atoms with van der Waals surface area (Å²) in [5.41, 5.74) is 0.474. The SMILES string of the molecule is O=C(C#Cc1ccc(C(F)(F)F)cc1)NCCc1ccc(Cl)c(Cl)c1. The molecule has 0 saturated carbocycles. The average Bonchev–Trinajstić information content (AvgIpc) is 2.56. The highest BCUT2D eigenvalue weighted by molar-refractivity contribution is 6.42. The Labute approximate surface area is 152 Å². The van der Waals surface area contributed by atoms with Crippen LogP contribution < -0.4 is 5.32 Å². The second-order valence-electron chi connectivity index (χ2n) is 5.08. The Morgan fingerprint density at radius 2 is 1.72 bits per heavy atom. The van der Waals surface area contributed by atoms with Crippen molar-refractivity contribution in [3.63, 3.8) is 0 Å². The summed E-state index contributed by atoms with van der Waals surface area (Å²) in [6.45, 7) is 0.346. The molecule has 0 aliphatic rings. The Hall–Kier alpha value is -2.16. The molecule has 1 amide bonds. The molecule has 0 aromatic heterocycles. The van der Waals surface area contributed by atoms with Gasteiger partial charge in [0.2, 0.25) is 0 Å². The Morgan fingerprint density at radius 1 is 1.04 bits per heavy atom. The minimum Gasteiger partial charge on any atom is -0.345 e. The molecular weight excluding hydrogens is 374 g/mol.